The third-order valence-electron chi connectivity index (χ3n) is 3.75. The first kappa shape index (κ1) is 14.0. The van der Waals surface area contributed by atoms with Gasteiger partial charge in [-0.15, -0.1) is 10.2 Å². The molecular formula is C13H22N4O2. The Kier molecular flexibility index (Phi) is 3.62. The van der Waals surface area contributed by atoms with E-state index in [-0.39, 0.29) is 24.3 Å². The number of aliphatic hydroxyl groups is 1. The third-order valence-corrected chi connectivity index (χ3v) is 3.75. The molecule has 0 aliphatic heterocycles. The Bertz CT molecular complexity index is 475. The minimum atomic E-state index is -1.26. The van der Waals surface area contributed by atoms with E-state index in [9.17, 15) is 9.90 Å². The van der Waals surface area contributed by atoms with Crippen molar-refractivity contribution in [3.63, 3.8) is 0 Å². The molecule has 0 bridgehead atoms. The van der Waals surface area contributed by atoms with E-state index in [1.54, 1.807) is 6.92 Å². The fraction of sp³-hybridized carbons (Fsp3) is 0.769. The number of carbonyl (C=O) groups excluding carboxylic acids is 1. The number of carbonyl (C=O) groups is 1. The molecule has 2 rings (SSSR count). The summed E-state index contributed by atoms with van der Waals surface area (Å²) < 4.78 is 1.89. The summed E-state index contributed by atoms with van der Waals surface area (Å²) in [7, 11) is 1.88. The quantitative estimate of drug-likeness (QED) is 0.823. The third kappa shape index (κ3) is 2.78. The first-order valence-electron chi connectivity index (χ1n) is 6.73. The van der Waals surface area contributed by atoms with E-state index in [0.29, 0.717) is 5.82 Å². The lowest BCUT2D eigenvalue weighted by atomic mass is 10.00. The molecule has 0 spiro atoms. The number of amides is 1. The van der Waals surface area contributed by atoms with Gasteiger partial charge >= 0.3 is 0 Å². The van der Waals surface area contributed by atoms with E-state index in [0.717, 1.165) is 18.7 Å². The highest BCUT2D eigenvalue weighted by Gasteiger charge is 2.45. The summed E-state index contributed by atoms with van der Waals surface area (Å²) in [4.78, 5) is 12.0. The predicted octanol–water partition coefficient (Wildman–Crippen LogP) is 0.716. The first-order chi connectivity index (χ1) is 8.84. The lowest BCUT2D eigenvalue weighted by Gasteiger charge is -2.21. The molecule has 1 heterocycles. The summed E-state index contributed by atoms with van der Waals surface area (Å²) in [6.07, 6.45) is 1.84. The molecule has 0 saturated heterocycles. The Morgan fingerprint density at radius 3 is 2.63 bits per heavy atom. The molecule has 2 N–H and O–H groups in total. The van der Waals surface area contributed by atoms with E-state index in [1.807, 2.05) is 25.5 Å². The largest absolute Gasteiger partial charge is 0.380 e. The fourth-order valence-electron chi connectivity index (χ4n) is 2.20. The molecule has 1 amide bonds. The molecule has 0 radical (unpaired) electrons. The molecular weight excluding hydrogens is 244 g/mol. The molecule has 0 aromatic carbocycles. The zero-order valence-corrected chi connectivity index (χ0v) is 12.0. The monoisotopic (exact) mass is 266 g/mol. The molecule has 1 aliphatic carbocycles. The SMILES string of the molecule is CC(C)c1nnc(CNC(=O)C(C)(O)C2CC2)n1C. The van der Waals surface area contributed by atoms with Crippen molar-refractivity contribution in [3.8, 4) is 0 Å². The summed E-state index contributed by atoms with van der Waals surface area (Å²) in [6, 6.07) is 0. The minimum absolute atomic E-state index is 0.0956. The van der Waals surface area contributed by atoms with Gasteiger partial charge in [-0.3, -0.25) is 4.79 Å². The van der Waals surface area contributed by atoms with Crippen LogP contribution in [0.1, 0.15) is 51.2 Å². The molecule has 1 aliphatic rings. The minimum Gasteiger partial charge on any atom is -0.380 e. The maximum Gasteiger partial charge on any atom is 0.252 e. The Hall–Kier alpha value is -1.43. The summed E-state index contributed by atoms with van der Waals surface area (Å²) in [5.41, 5.74) is -1.26. The van der Waals surface area contributed by atoms with Crippen LogP contribution in [0.2, 0.25) is 0 Å². The van der Waals surface area contributed by atoms with Gasteiger partial charge in [0.15, 0.2) is 5.82 Å². The number of nitrogens with one attached hydrogen (secondary N) is 1. The number of rotatable bonds is 5. The van der Waals surface area contributed by atoms with Crippen LogP contribution in [0.3, 0.4) is 0 Å². The Morgan fingerprint density at radius 1 is 1.53 bits per heavy atom. The Labute approximate surface area is 113 Å². The number of aromatic nitrogens is 3. The van der Waals surface area contributed by atoms with Crippen LogP contribution in [0.4, 0.5) is 0 Å². The van der Waals surface area contributed by atoms with Crippen molar-refractivity contribution in [2.75, 3.05) is 0 Å². The van der Waals surface area contributed by atoms with Crippen molar-refractivity contribution in [2.45, 2.75) is 51.7 Å². The highest BCUT2D eigenvalue weighted by Crippen LogP contribution is 2.39. The molecule has 1 unspecified atom stereocenters. The highest BCUT2D eigenvalue weighted by molar-refractivity contribution is 5.85. The van der Waals surface area contributed by atoms with Gasteiger partial charge in [-0.2, -0.15) is 0 Å². The van der Waals surface area contributed by atoms with Gasteiger partial charge in [0, 0.05) is 13.0 Å². The van der Waals surface area contributed by atoms with Crippen molar-refractivity contribution in [1.29, 1.82) is 0 Å². The number of hydrogen-bond acceptors (Lipinski definition) is 4. The van der Waals surface area contributed by atoms with Crippen LogP contribution in [0.15, 0.2) is 0 Å². The van der Waals surface area contributed by atoms with Gasteiger partial charge in [-0.05, 0) is 25.7 Å². The standard InChI is InChI=1S/C13H22N4O2/c1-8(2)11-16-15-10(17(11)4)7-14-12(18)13(3,19)9-5-6-9/h8-9,19H,5-7H2,1-4H3,(H,14,18). The van der Waals surface area contributed by atoms with E-state index in [2.05, 4.69) is 15.5 Å². The lowest BCUT2D eigenvalue weighted by molar-refractivity contribution is -0.140. The molecule has 6 nitrogen and oxygen atoms in total. The molecule has 1 saturated carbocycles. The van der Waals surface area contributed by atoms with Crippen LogP contribution in [0, 0.1) is 5.92 Å². The smallest absolute Gasteiger partial charge is 0.252 e. The fourth-order valence-corrected chi connectivity index (χ4v) is 2.20. The molecule has 1 aromatic rings. The van der Waals surface area contributed by atoms with Gasteiger partial charge in [0.2, 0.25) is 0 Å². The normalized spacial score (nSPS) is 18.4. The van der Waals surface area contributed by atoms with Crippen LogP contribution in [0.5, 0.6) is 0 Å². The second kappa shape index (κ2) is 4.92. The van der Waals surface area contributed by atoms with E-state index < -0.39 is 5.60 Å². The average molecular weight is 266 g/mol. The first-order valence-corrected chi connectivity index (χ1v) is 6.73. The topological polar surface area (TPSA) is 80.0 Å². The van der Waals surface area contributed by atoms with Crippen LogP contribution in [-0.2, 0) is 18.4 Å². The van der Waals surface area contributed by atoms with E-state index >= 15 is 0 Å². The number of nitrogens with zero attached hydrogens (tertiary/aromatic N) is 3. The van der Waals surface area contributed by atoms with E-state index in [1.165, 1.54) is 0 Å². The van der Waals surface area contributed by atoms with Crippen molar-refractivity contribution in [1.82, 2.24) is 20.1 Å². The van der Waals surface area contributed by atoms with Crippen LogP contribution < -0.4 is 5.32 Å². The predicted molar refractivity (Wildman–Crippen MR) is 70.3 cm³/mol. The molecule has 106 valence electrons. The van der Waals surface area contributed by atoms with Gasteiger partial charge < -0.3 is 15.0 Å². The summed E-state index contributed by atoms with van der Waals surface area (Å²) in [5, 5.41) is 21.0. The van der Waals surface area contributed by atoms with Gasteiger partial charge in [0.05, 0.1) is 6.54 Å². The second-order valence-corrected chi connectivity index (χ2v) is 5.79. The number of hydrogen-bond donors (Lipinski definition) is 2. The van der Waals surface area contributed by atoms with Crippen molar-refractivity contribution in [3.05, 3.63) is 11.6 Å². The Balaban J connectivity index is 1.97. The maximum atomic E-state index is 12.0. The molecule has 6 heteroatoms. The van der Waals surface area contributed by atoms with Gasteiger partial charge in [0.1, 0.15) is 11.4 Å². The summed E-state index contributed by atoms with van der Waals surface area (Å²) >= 11 is 0. The van der Waals surface area contributed by atoms with Gasteiger partial charge in [-0.25, -0.2) is 0 Å². The lowest BCUT2D eigenvalue weighted by Crippen LogP contribution is -2.46. The molecule has 1 atom stereocenters. The van der Waals surface area contributed by atoms with Crippen LogP contribution in [0.25, 0.3) is 0 Å². The zero-order valence-electron chi connectivity index (χ0n) is 12.0. The van der Waals surface area contributed by atoms with E-state index in [4.69, 9.17) is 0 Å². The maximum absolute atomic E-state index is 12.0. The highest BCUT2D eigenvalue weighted by atomic mass is 16.3. The van der Waals surface area contributed by atoms with Crippen LogP contribution in [-0.4, -0.2) is 31.4 Å². The average Bonchev–Trinajstić information content (AvgIpc) is 3.11. The van der Waals surface area contributed by atoms with Crippen molar-refractivity contribution < 1.29 is 9.90 Å². The molecule has 1 aromatic heterocycles. The second-order valence-electron chi connectivity index (χ2n) is 5.79. The summed E-state index contributed by atoms with van der Waals surface area (Å²) in [6.45, 7) is 5.96. The van der Waals surface area contributed by atoms with Gasteiger partial charge in [0.25, 0.3) is 5.91 Å². The molecule has 1 fully saturated rings. The van der Waals surface area contributed by atoms with Crippen molar-refractivity contribution in [2.24, 2.45) is 13.0 Å². The summed E-state index contributed by atoms with van der Waals surface area (Å²) in [5.74, 6) is 1.64. The van der Waals surface area contributed by atoms with Crippen LogP contribution >= 0.6 is 0 Å². The van der Waals surface area contributed by atoms with Crippen molar-refractivity contribution >= 4 is 5.91 Å². The Morgan fingerprint density at radius 2 is 2.16 bits per heavy atom. The van der Waals surface area contributed by atoms with Gasteiger partial charge in [-0.1, -0.05) is 13.8 Å². The molecule has 19 heavy (non-hydrogen) atoms. The zero-order chi connectivity index (χ0) is 14.2.